The summed E-state index contributed by atoms with van der Waals surface area (Å²) in [5, 5.41) is 0. The maximum Gasteiger partial charge on any atom is 0.243 e. The van der Waals surface area contributed by atoms with Crippen LogP contribution in [0.2, 0.25) is 0 Å². The van der Waals surface area contributed by atoms with E-state index in [1.807, 2.05) is 6.92 Å². The van der Waals surface area contributed by atoms with Gasteiger partial charge in [-0.3, -0.25) is 0 Å². The summed E-state index contributed by atoms with van der Waals surface area (Å²) in [6, 6.07) is 4.67. The van der Waals surface area contributed by atoms with E-state index in [1.165, 1.54) is 11.4 Å². The third-order valence-electron chi connectivity index (χ3n) is 3.65. The minimum atomic E-state index is -3.54. The predicted octanol–water partition coefficient (Wildman–Crippen LogP) is 2.23. The second-order valence-corrected chi connectivity index (χ2v) is 7.02. The Morgan fingerprint density at radius 2 is 2.24 bits per heavy atom. The van der Waals surface area contributed by atoms with Crippen LogP contribution in [0, 0.1) is 0 Å². The summed E-state index contributed by atoms with van der Waals surface area (Å²) in [7, 11) is -2.01. The number of rotatable bonds is 5. The van der Waals surface area contributed by atoms with Gasteiger partial charge < -0.3 is 9.47 Å². The molecular weight excluding hydrogens is 314 g/mol. The molecule has 1 aromatic carbocycles. The topological polar surface area (TPSA) is 55.8 Å². The van der Waals surface area contributed by atoms with E-state index < -0.39 is 10.0 Å². The first-order valence-electron chi connectivity index (χ1n) is 6.87. The Labute approximate surface area is 130 Å². The number of ether oxygens (including phenoxy) is 2. The number of benzene rings is 1. The van der Waals surface area contributed by atoms with Crippen LogP contribution >= 0.6 is 11.6 Å². The largest absolute Gasteiger partial charge is 0.496 e. The molecule has 0 saturated carbocycles. The molecule has 1 aliphatic heterocycles. The third kappa shape index (κ3) is 3.34. The Balaban J connectivity index is 2.38. The van der Waals surface area contributed by atoms with Crippen LogP contribution in [-0.2, 0) is 20.6 Å². The third-order valence-corrected chi connectivity index (χ3v) is 5.88. The summed E-state index contributed by atoms with van der Waals surface area (Å²) in [5.74, 6) is 0.797. The molecule has 1 atom stereocenters. The molecule has 0 N–H and O–H groups in total. The second kappa shape index (κ2) is 6.96. The first-order chi connectivity index (χ1) is 10.0. The van der Waals surface area contributed by atoms with Gasteiger partial charge in [0.15, 0.2) is 0 Å². The highest BCUT2D eigenvalue weighted by Gasteiger charge is 2.33. The summed E-state index contributed by atoms with van der Waals surface area (Å²) in [6.07, 6.45) is 0.720. The van der Waals surface area contributed by atoms with Gasteiger partial charge in [0, 0.05) is 18.2 Å². The lowest BCUT2D eigenvalue weighted by Crippen LogP contribution is -2.48. The maximum atomic E-state index is 12.8. The van der Waals surface area contributed by atoms with Gasteiger partial charge in [0.2, 0.25) is 10.0 Å². The van der Waals surface area contributed by atoms with Crippen LogP contribution in [0.25, 0.3) is 0 Å². The molecule has 1 saturated heterocycles. The Hall–Kier alpha value is -0.820. The van der Waals surface area contributed by atoms with Crippen LogP contribution in [0.5, 0.6) is 5.75 Å². The molecule has 0 amide bonds. The molecule has 1 fully saturated rings. The number of nitrogens with zero attached hydrogens (tertiary/aromatic N) is 1. The fourth-order valence-corrected chi connectivity index (χ4v) is 4.36. The second-order valence-electron chi connectivity index (χ2n) is 4.86. The van der Waals surface area contributed by atoms with Gasteiger partial charge in [0.05, 0.1) is 31.1 Å². The van der Waals surface area contributed by atoms with Crippen molar-refractivity contribution in [3.8, 4) is 5.75 Å². The van der Waals surface area contributed by atoms with E-state index in [-0.39, 0.29) is 16.8 Å². The van der Waals surface area contributed by atoms with Crippen molar-refractivity contribution in [1.82, 2.24) is 4.31 Å². The number of sulfonamides is 1. The Morgan fingerprint density at radius 1 is 1.48 bits per heavy atom. The molecule has 2 rings (SSSR count). The summed E-state index contributed by atoms with van der Waals surface area (Å²) in [5.41, 5.74) is 0.668. The van der Waals surface area contributed by atoms with E-state index in [1.54, 1.807) is 18.2 Å². The quantitative estimate of drug-likeness (QED) is 0.775. The van der Waals surface area contributed by atoms with Gasteiger partial charge in [-0.25, -0.2) is 8.42 Å². The van der Waals surface area contributed by atoms with E-state index in [0.29, 0.717) is 31.1 Å². The van der Waals surface area contributed by atoms with E-state index in [2.05, 4.69) is 0 Å². The fraction of sp³-hybridized carbons (Fsp3) is 0.571. The minimum Gasteiger partial charge on any atom is -0.496 e. The smallest absolute Gasteiger partial charge is 0.243 e. The molecule has 7 heteroatoms. The zero-order chi connectivity index (χ0) is 15.5. The molecule has 1 unspecified atom stereocenters. The molecule has 0 aromatic heterocycles. The lowest BCUT2D eigenvalue weighted by atomic mass is 10.2. The Morgan fingerprint density at radius 3 is 2.86 bits per heavy atom. The normalized spacial score (nSPS) is 20.4. The highest BCUT2D eigenvalue weighted by Crippen LogP contribution is 2.27. The zero-order valence-corrected chi connectivity index (χ0v) is 13.8. The van der Waals surface area contributed by atoms with Gasteiger partial charge in [-0.2, -0.15) is 4.31 Å². The van der Waals surface area contributed by atoms with Gasteiger partial charge in [0.25, 0.3) is 0 Å². The van der Waals surface area contributed by atoms with Crippen LogP contribution in [0.3, 0.4) is 0 Å². The number of alkyl halides is 1. The molecule has 0 bridgehead atoms. The molecular formula is C14H20ClNO4S. The monoisotopic (exact) mass is 333 g/mol. The van der Waals surface area contributed by atoms with Gasteiger partial charge in [0.1, 0.15) is 5.75 Å². The average molecular weight is 334 g/mol. The van der Waals surface area contributed by atoms with Crippen molar-refractivity contribution >= 4 is 21.6 Å². The minimum absolute atomic E-state index is 0.120. The van der Waals surface area contributed by atoms with Crippen molar-refractivity contribution in [2.75, 3.05) is 26.9 Å². The summed E-state index contributed by atoms with van der Waals surface area (Å²) in [4.78, 5) is 0.249. The van der Waals surface area contributed by atoms with Crippen molar-refractivity contribution in [2.24, 2.45) is 0 Å². The fourth-order valence-electron chi connectivity index (χ4n) is 2.43. The first-order valence-corrected chi connectivity index (χ1v) is 8.84. The van der Waals surface area contributed by atoms with Gasteiger partial charge in [-0.1, -0.05) is 6.92 Å². The number of hydrogen-bond donors (Lipinski definition) is 0. The maximum absolute atomic E-state index is 12.8. The van der Waals surface area contributed by atoms with Crippen molar-refractivity contribution in [3.05, 3.63) is 23.8 Å². The van der Waals surface area contributed by atoms with Crippen LogP contribution in [0.4, 0.5) is 0 Å². The highest BCUT2D eigenvalue weighted by atomic mass is 35.5. The van der Waals surface area contributed by atoms with Crippen molar-refractivity contribution in [1.29, 1.82) is 0 Å². The SMILES string of the molecule is CCC1COCCN1S(=O)(=O)c1ccc(OC)c(CCl)c1. The number of morpholine rings is 1. The van der Waals surface area contributed by atoms with Crippen LogP contribution in [-0.4, -0.2) is 45.6 Å². The predicted molar refractivity (Wildman–Crippen MR) is 81.3 cm³/mol. The number of halogens is 1. The molecule has 1 aliphatic rings. The Kier molecular flexibility index (Phi) is 5.48. The average Bonchev–Trinajstić information content (AvgIpc) is 2.53. The van der Waals surface area contributed by atoms with Crippen LogP contribution < -0.4 is 4.74 Å². The van der Waals surface area contributed by atoms with Crippen molar-refractivity contribution < 1.29 is 17.9 Å². The van der Waals surface area contributed by atoms with Gasteiger partial charge in [-0.05, 0) is 24.6 Å². The van der Waals surface area contributed by atoms with Crippen LogP contribution in [0.15, 0.2) is 23.1 Å². The molecule has 0 radical (unpaired) electrons. The summed E-state index contributed by atoms with van der Waals surface area (Å²) < 4.78 is 37.7. The van der Waals surface area contributed by atoms with Crippen molar-refractivity contribution in [3.63, 3.8) is 0 Å². The van der Waals surface area contributed by atoms with E-state index in [4.69, 9.17) is 21.1 Å². The number of methoxy groups -OCH3 is 1. The standard InChI is InChI=1S/C14H20ClNO4S/c1-3-12-10-20-7-6-16(12)21(17,18)13-4-5-14(19-2)11(8-13)9-15/h4-5,8,12H,3,6-7,9-10H2,1-2H3. The molecule has 5 nitrogen and oxygen atoms in total. The first kappa shape index (κ1) is 16.5. The van der Waals surface area contributed by atoms with E-state index in [0.717, 1.165) is 6.42 Å². The summed E-state index contributed by atoms with van der Waals surface area (Å²) in [6.45, 7) is 3.20. The number of hydrogen-bond acceptors (Lipinski definition) is 4. The molecule has 1 heterocycles. The van der Waals surface area contributed by atoms with Crippen LogP contribution in [0.1, 0.15) is 18.9 Å². The summed E-state index contributed by atoms with van der Waals surface area (Å²) >= 11 is 5.87. The molecule has 118 valence electrons. The highest BCUT2D eigenvalue weighted by molar-refractivity contribution is 7.89. The lowest BCUT2D eigenvalue weighted by molar-refractivity contribution is 0.0314. The Bertz CT molecular complexity index is 591. The zero-order valence-electron chi connectivity index (χ0n) is 12.2. The molecule has 0 aliphatic carbocycles. The molecule has 21 heavy (non-hydrogen) atoms. The lowest BCUT2D eigenvalue weighted by Gasteiger charge is -2.34. The molecule has 0 spiro atoms. The van der Waals surface area contributed by atoms with Gasteiger partial charge in [-0.15, -0.1) is 11.6 Å². The van der Waals surface area contributed by atoms with Crippen molar-refractivity contribution in [2.45, 2.75) is 30.2 Å². The molecule has 1 aromatic rings. The van der Waals surface area contributed by atoms with E-state index in [9.17, 15) is 8.42 Å². The van der Waals surface area contributed by atoms with E-state index >= 15 is 0 Å². The van der Waals surface area contributed by atoms with Gasteiger partial charge >= 0.3 is 0 Å².